The number of likely N-dealkylation sites (N-methyl/N-ethyl adjacent to an activating group) is 1. The van der Waals surface area contributed by atoms with E-state index < -0.39 is 0 Å². The van der Waals surface area contributed by atoms with Crippen LogP contribution in [0.4, 0.5) is 5.13 Å². The van der Waals surface area contributed by atoms with Crippen LogP contribution in [0.15, 0.2) is 24.7 Å². The molecule has 8 nitrogen and oxygen atoms in total. The number of aryl methyl sites for hydroxylation is 1. The van der Waals surface area contributed by atoms with Crippen LogP contribution in [-0.4, -0.2) is 50.5 Å². The van der Waals surface area contributed by atoms with Crippen LogP contribution in [0.3, 0.4) is 0 Å². The number of aromatic amines is 1. The summed E-state index contributed by atoms with van der Waals surface area (Å²) >= 11 is 1.38. The van der Waals surface area contributed by atoms with E-state index in [1.54, 1.807) is 31.7 Å². The Hall–Kier alpha value is -2.81. The maximum absolute atomic E-state index is 12.3. The number of hydrogen-bond donors (Lipinski definition) is 2. The Morgan fingerprint density at radius 2 is 2.13 bits per heavy atom. The Bertz CT molecular complexity index is 871. The standard InChI is InChI=1S/C14H14N6O2S/c1-8-4-16-14(23-8)18-12(21)7-20(2)13(22)10-3-9-5-17-19-11(9)6-15-10/h3-6H,7H2,1-2H3,(H,17,19)(H,16,18,21). The number of amides is 2. The molecule has 9 heteroatoms. The fourth-order valence-electron chi connectivity index (χ4n) is 2.01. The molecular formula is C14H14N6O2S. The molecule has 0 radical (unpaired) electrons. The summed E-state index contributed by atoms with van der Waals surface area (Å²) in [5.41, 5.74) is 1.01. The molecular weight excluding hydrogens is 316 g/mol. The molecule has 2 N–H and O–H groups in total. The maximum atomic E-state index is 12.3. The first-order valence-electron chi connectivity index (χ1n) is 6.80. The van der Waals surface area contributed by atoms with Crippen LogP contribution in [0.25, 0.3) is 10.9 Å². The molecule has 3 aromatic rings. The van der Waals surface area contributed by atoms with Crippen molar-refractivity contribution in [3.8, 4) is 0 Å². The number of carbonyl (C=O) groups excluding carboxylic acids is 2. The molecule has 0 saturated heterocycles. The molecule has 0 aliphatic rings. The van der Waals surface area contributed by atoms with Crippen molar-refractivity contribution >= 4 is 39.2 Å². The van der Waals surface area contributed by atoms with E-state index >= 15 is 0 Å². The minimum absolute atomic E-state index is 0.0808. The Morgan fingerprint density at radius 3 is 2.87 bits per heavy atom. The van der Waals surface area contributed by atoms with Gasteiger partial charge in [-0.05, 0) is 13.0 Å². The first kappa shape index (κ1) is 15.1. The second-order valence-electron chi connectivity index (χ2n) is 5.01. The van der Waals surface area contributed by atoms with Crippen LogP contribution >= 0.6 is 11.3 Å². The van der Waals surface area contributed by atoms with Gasteiger partial charge in [0.05, 0.1) is 24.5 Å². The van der Waals surface area contributed by atoms with Gasteiger partial charge in [0.1, 0.15) is 5.69 Å². The van der Waals surface area contributed by atoms with Crippen molar-refractivity contribution in [2.75, 3.05) is 18.9 Å². The fourth-order valence-corrected chi connectivity index (χ4v) is 2.69. The summed E-state index contributed by atoms with van der Waals surface area (Å²) in [6, 6.07) is 1.64. The van der Waals surface area contributed by atoms with Crippen molar-refractivity contribution in [3.63, 3.8) is 0 Å². The third-order valence-corrected chi connectivity index (χ3v) is 3.97. The molecule has 0 atom stereocenters. The maximum Gasteiger partial charge on any atom is 0.272 e. The molecule has 0 fully saturated rings. The van der Waals surface area contributed by atoms with Crippen molar-refractivity contribution in [1.29, 1.82) is 0 Å². The average molecular weight is 330 g/mol. The highest BCUT2D eigenvalue weighted by Gasteiger charge is 2.17. The van der Waals surface area contributed by atoms with Crippen LogP contribution < -0.4 is 5.32 Å². The van der Waals surface area contributed by atoms with E-state index in [-0.39, 0.29) is 24.1 Å². The lowest BCUT2D eigenvalue weighted by molar-refractivity contribution is -0.116. The number of nitrogens with zero attached hydrogens (tertiary/aromatic N) is 4. The molecule has 3 rings (SSSR count). The summed E-state index contributed by atoms with van der Waals surface area (Å²) in [6.45, 7) is 1.82. The molecule has 2 amide bonds. The molecule has 0 saturated carbocycles. The van der Waals surface area contributed by atoms with Crippen LogP contribution in [0.1, 0.15) is 15.4 Å². The van der Waals surface area contributed by atoms with Gasteiger partial charge in [-0.2, -0.15) is 5.10 Å². The molecule has 0 aliphatic carbocycles. The van der Waals surface area contributed by atoms with Gasteiger partial charge in [0.15, 0.2) is 5.13 Å². The number of aromatic nitrogens is 4. The first-order chi connectivity index (χ1) is 11.0. The number of rotatable bonds is 4. The average Bonchev–Trinajstić information content (AvgIpc) is 3.14. The molecule has 23 heavy (non-hydrogen) atoms. The van der Waals surface area contributed by atoms with Gasteiger partial charge in [-0.15, -0.1) is 11.3 Å². The van der Waals surface area contributed by atoms with Gasteiger partial charge in [0, 0.05) is 23.5 Å². The molecule has 0 bridgehead atoms. The number of hydrogen-bond acceptors (Lipinski definition) is 6. The minimum atomic E-state index is -0.335. The molecule has 118 valence electrons. The van der Waals surface area contributed by atoms with E-state index in [1.165, 1.54) is 16.2 Å². The molecule has 3 aromatic heterocycles. The second kappa shape index (κ2) is 6.13. The van der Waals surface area contributed by atoms with Gasteiger partial charge < -0.3 is 10.2 Å². The summed E-state index contributed by atoms with van der Waals surface area (Å²) < 4.78 is 0. The van der Waals surface area contributed by atoms with E-state index in [4.69, 9.17) is 0 Å². The van der Waals surface area contributed by atoms with E-state index in [9.17, 15) is 9.59 Å². The largest absolute Gasteiger partial charge is 0.331 e. The zero-order valence-electron chi connectivity index (χ0n) is 12.5. The Labute approximate surface area is 135 Å². The van der Waals surface area contributed by atoms with Gasteiger partial charge in [-0.1, -0.05) is 0 Å². The predicted octanol–water partition coefficient (Wildman–Crippen LogP) is 1.43. The van der Waals surface area contributed by atoms with E-state index in [0.717, 1.165) is 15.8 Å². The van der Waals surface area contributed by atoms with Crippen molar-refractivity contribution in [2.24, 2.45) is 0 Å². The van der Waals surface area contributed by atoms with Crippen molar-refractivity contribution in [3.05, 3.63) is 35.2 Å². The lowest BCUT2D eigenvalue weighted by Crippen LogP contribution is -2.35. The quantitative estimate of drug-likeness (QED) is 0.753. The molecule has 0 aliphatic heterocycles. The molecule has 3 heterocycles. The Kier molecular flexibility index (Phi) is 4.02. The Morgan fingerprint density at radius 1 is 1.30 bits per heavy atom. The number of anilines is 1. The number of H-pyrrole nitrogens is 1. The van der Waals surface area contributed by atoms with Crippen LogP contribution in [0, 0.1) is 6.92 Å². The number of fused-ring (bicyclic) bond motifs is 1. The number of pyridine rings is 1. The first-order valence-corrected chi connectivity index (χ1v) is 7.61. The van der Waals surface area contributed by atoms with Gasteiger partial charge >= 0.3 is 0 Å². The van der Waals surface area contributed by atoms with E-state index in [0.29, 0.717) is 5.13 Å². The van der Waals surface area contributed by atoms with Crippen molar-refractivity contribution in [1.82, 2.24) is 25.1 Å². The predicted molar refractivity (Wildman–Crippen MR) is 86.3 cm³/mol. The third kappa shape index (κ3) is 3.34. The SMILES string of the molecule is Cc1cnc(NC(=O)CN(C)C(=O)c2cc3cn[nH]c3cn2)s1. The number of carbonyl (C=O) groups is 2. The van der Waals surface area contributed by atoms with Gasteiger partial charge in [-0.25, -0.2) is 9.97 Å². The van der Waals surface area contributed by atoms with Gasteiger partial charge in [0.2, 0.25) is 5.91 Å². The molecule has 0 aromatic carbocycles. The van der Waals surface area contributed by atoms with Gasteiger partial charge in [0.25, 0.3) is 5.91 Å². The summed E-state index contributed by atoms with van der Waals surface area (Å²) in [6.07, 6.45) is 4.84. The topological polar surface area (TPSA) is 104 Å². The summed E-state index contributed by atoms with van der Waals surface area (Å²) in [5, 5.41) is 10.6. The normalized spacial score (nSPS) is 10.7. The minimum Gasteiger partial charge on any atom is -0.331 e. The van der Waals surface area contributed by atoms with Crippen LogP contribution in [-0.2, 0) is 4.79 Å². The van der Waals surface area contributed by atoms with Crippen LogP contribution in [0.2, 0.25) is 0 Å². The molecule has 0 unspecified atom stereocenters. The highest BCUT2D eigenvalue weighted by Crippen LogP contribution is 2.16. The highest BCUT2D eigenvalue weighted by molar-refractivity contribution is 7.15. The highest BCUT2D eigenvalue weighted by atomic mass is 32.1. The zero-order valence-corrected chi connectivity index (χ0v) is 13.3. The van der Waals surface area contributed by atoms with Gasteiger partial charge in [-0.3, -0.25) is 14.7 Å². The van der Waals surface area contributed by atoms with Crippen LogP contribution in [0.5, 0.6) is 0 Å². The van der Waals surface area contributed by atoms with E-state index in [1.807, 2.05) is 6.92 Å². The smallest absolute Gasteiger partial charge is 0.272 e. The fraction of sp³-hybridized carbons (Fsp3) is 0.214. The van der Waals surface area contributed by atoms with E-state index in [2.05, 4.69) is 25.5 Å². The summed E-state index contributed by atoms with van der Waals surface area (Å²) in [7, 11) is 1.55. The molecule has 0 spiro atoms. The summed E-state index contributed by atoms with van der Waals surface area (Å²) in [5.74, 6) is -0.641. The zero-order chi connectivity index (χ0) is 16.4. The number of nitrogens with one attached hydrogen (secondary N) is 2. The second-order valence-corrected chi connectivity index (χ2v) is 6.25. The summed E-state index contributed by atoms with van der Waals surface area (Å²) in [4.78, 5) is 34.8. The monoisotopic (exact) mass is 330 g/mol. The third-order valence-electron chi connectivity index (χ3n) is 3.14. The van der Waals surface area contributed by atoms with Crippen molar-refractivity contribution in [2.45, 2.75) is 6.92 Å². The number of thiazole rings is 1. The van der Waals surface area contributed by atoms with Crippen molar-refractivity contribution < 1.29 is 9.59 Å². The lowest BCUT2D eigenvalue weighted by atomic mass is 10.2. The lowest BCUT2D eigenvalue weighted by Gasteiger charge is -2.15. The Balaban J connectivity index is 1.65.